The molecule has 4 nitrogen and oxygen atoms in total. The van der Waals surface area contributed by atoms with E-state index in [1.165, 1.54) is 38.5 Å². The van der Waals surface area contributed by atoms with Gasteiger partial charge in [-0.15, -0.1) is 0 Å². The van der Waals surface area contributed by atoms with Crippen molar-refractivity contribution in [2.45, 2.75) is 56.9 Å². The van der Waals surface area contributed by atoms with Crippen LogP contribution in [-0.2, 0) is 5.54 Å². The molecule has 1 atom stereocenters. The summed E-state index contributed by atoms with van der Waals surface area (Å²) < 4.78 is 5.36. The van der Waals surface area contributed by atoms with Gasteiger partial charge in [0.2, 0.25) is 5.89 Å². The van der Waals surface area contributed by atoms with E-state index in [1.807, 2.05) is 6.92 Å². The molecule has 2 aliphatic rings. The van der Waals surface area contributed by atoms with Gasteiger partial charge in [0.05, 0.1) is 5.54 Å². The Morgan fingerprint density at radius 1 is 1.25 bits per heavy atom. The van der Waals surface area contributed by atoms with Crippen molar-refractivity contribution < 1.29 is 4.52 Å². The Hall–Kier alpha value is -0.900. The van der Waals surface area contributed by atoms with Crippen LogP contribution in [0.3, 0.4) is 0 Å². The Kier molecular flexibility index (Phi) is 2.28. The largest absolute Gasteiger partial charge is 0.337 e. The summed E-state index contributed by atoms with van der Waals surface area (Å²) in [6.07, 6.45) is 7.35. The van der Waals surface area contributed by atoms with Crippen LogP contribution in [0.1, 0.15) is 63.1 Å². The molecule has 3 rings (SSSR count). The predicted molar refractivity (Wildman–Crippen MR) is 59.8 cm³/mol. The quantitative estimate of drug-likeness (QED) is 0.850. The number of aromatic nitrogens is 2. The molecule has 0 radical (unpaired) electrons. The molecule has 2 N–H and O–H groups in total. The number of rotatable bonds is 3. The first kappa shape index (κ1) is 10.3. The standard InChI is InChI=1S/C12H19N3O/c1-12(13,9-6-7-9)11-14-10(15-16-11)8-4-2-3-5-8/h8-9H,2-7,13H2,1H3. The van der Waals surface area contributed by atoms with Crippen LogP contribution in [0.2, 0.25) is 0 Å². The predicted octanol–water partition coefficient (Wildman–Crippen LogP) is 2.31. The van der Waals surface area contributed by atoms with Crippen LogP contribution in [0.4, 0.5) is 0 Å². The maximum Gasteiger partial charge on any atom is 0.246 e. The van der Waals surface area contributed by atoms with Crippen molar-refractivity contribution in [1.29, 1.82) is 0 Å². The van der Waals surface area contributed by atoms with E-state index in [0.29, 0.717) is 17.7 Å². The molecule has 2 fully saturated rings. The Morgan fingerprint density at radius 2 is 1.94 bits per heavy atom. The average Bonchev–Trinajstić information content (AvgIpc) is 2.82. The Morgan fingerprint density at radius 3 is 2.56 bits per heavy atom. The smallest absolute Gasteiger partial charge is 0.246 e. The van der Waals surface area contributed by atoms with Crippen molar-refractivity contribution in [1.82, 2.24) is 10.1 Å². The highest BCUT2D eigenvalue weighted by atomic mass is 16.5. The van der Waals surface area contributed by atoms with Crippen LogP contribution < -0.4 is 5.73 Å². The first-order valence-electron chi connectivity index (χ1n) is 6.31. The second-order valence-corrected chi connectivity index (χ2v) is 5.50. The fraction of sp³-hybridized carbons (Fsp3) is 0.833. The molecular formula is C12H19N3O. The second kappa shape index (κ2) is 3.55. The van der Waals surface area contributed by atoms with Crippen LogP contribution in [0.15, 0.2) is 4.52 Å². The summed E-state index contributed by atoms with van der Waals surface area (Å²) >= 11 is 0. The van der Waals surface area contributed by atoms with Gasteiger partial charge in [-0.05, 0) is 38.5 Å². The van der Waals surface area contributed by atoms with Gasteiger partial charge in [-0.1, -0.05) is 18.0 Å². The van der Waals surface area contributed by atoms with Crippen LogP contribution in [0, 0.1) is 5.92 Å². The maximum atomic E-state index is 6.26. The molecule has 0 amide bonds. The minimum absolute atomic E-state index is 0.413. The zero-order valence-corrected chi connectivity index (χ0v) is 9.78. The lowest BCUT2D eigenvalue weighted by molar-refractivity contribution is 0.271. The molecule has 4 heteroatoms. The van der Waals surface area contributed by atoms with Gasteiger partial charge in [0, 0.05) is 5.92 Å². The first-order chi connectivity index (χ1) is 7.68. The van der Waals surface area contributed by atoms with E-state index >= 15 is 0 Å². The Labute approximate surface area is 95.6 Å². The fourth-order valence-corrected chi connectivity index (χ4v) is 2.66. The van der Waals surface area contributed by atoms with Crippen molar-refractivity contribution in [2.75, 3.05) is 0 Å². The van der Waals surface area contributed by atoms with E-state index in [0.717, 1.165) is 5.82 Å². The first-order valence-corrected chi connectivity index (χ1v) is 6.31. The van der Waals surface area contributed by atoms with E-state index in [9.17, 15) is 0 Å². The molecule has 0 aromatic carbocycles. The molecule has 88 valence electrons. The summed E-state index contributed by atoms with van der Waals surface area (Å²) in [6.45, 7) is 2.01. The van der Waals surface area contributed by atoms with Crippen molar-refractivity contribution in [3.63, 3.8) is 0 Å². The van der Waals surface area contributed by atoms with Gasteiger partial charge >= 0.3 is 0 Å². The molecule has 0 spiro atoms. The lowest BCUT2D eigenvalue weighted by atomic mass is 9.97. The van der Waals surface area contributed by atoms with Gasteiger partial charge < -0.3 is 10.3 Å². The fourth-order valence-electron chi connectivity index (χ4n) is 2.66. The highest BCUT2D eigenvalue weighted by Crippen LogP contribution is 2.43. The molecule has 0 bridgehead atoms. The second-order valence-electron chi connectivity index (χ2n) is 5.50. The van der Waals surface area contributed by atoms with E-state index in [4.69, 9.17) is 10.3 Å². The van der Waals surface area contributed by atoms with Crippen LogP contribution in [0.25, 0.3) is 0 Å². The third-order valence-electron chi connectivity index (χ3n) is 4.05. The van der Waals surface area contributed by atoms with Gasteiger partial charge in [-0.2, -0.15) is 4.98 Å². The van der Waals surface area contributed by atoms with Gasteiger partial charge in [0.1, 0.15) is 0 Å². The van der Waals surface area contributed by atoms with E-state index in [1.54, 1.807) is 0 Å². The zero-order valence-electron chi connectivity index (χ0n) is 9.78. The third-order valence-corrected chi connectivity index (χ3v) is 4.05. The molecular weight excluding hydrogens is 202 g/mol. The van der Waals surface area contributed by atoms with Crippen molar-refractivity contribution in [2.24, 2.45) is 11.7 Å². The lowest BCUT2D eigenvalue weighted by Gasteiger charge is -2.18. The van der Waals surface area contributed by atoms with Gasteiger partial charge in [0.15, 0.2) is 5.82 Å². The minimum Gasteiger partial charge on any atom is -0.337 e. The van der Waals surface area contributed by atoms with E-state index in [2.05, 4.69) is 10.1 Å². The van der Waals surface area contributed by atoms with E-state index in [-0.39, 0.29) is 0 Å². The van der Waals surface area contributed by atoms with Gasteiger partial charge in [-0.3, -0.25) is 0 Å². The summed E-state index contributed by atoms with van der Waals surface area (Å²) in [7, 11) is 0. The highest BCUT2D eigenvalue weighted by Gasteiger charge is 2.44. The summed E-state index contributed by atoms with van der Waals surface area (Å²) in [5, 5.41) is 4.11. The molecule has 1 heterocycles. The molecule has 1 aromatic rings. The lowest BCUT2D eigenvalue weighted by Crippen LogP contribution is -2.35. The number of nitrogens with zero attached hydrogens (tertiary/aromatic N) is 2. The molecule has 16 heavy (non-hydrogen) atoms. The monoisotopic (exact) mass is 221 g/mol. The summed E-state index contributed by atoms with van der Waals surface area (Å²) in [4.78, 5) is 4.52. The molecule has 1 aromatic heterocycles. The molecule has 2 aliphatic carbocycles. The summed E-state index contributed by atoms with van der Waals surface area (Å²) in [5.41, 5.74) is 5.85. The van der Waals surface area contributed by atoms with Crippen molar-refractivity contribution in [3.05, 3.63) is 11.7 Å². The van der Waals surface area contributed by atoms with Crippen molar-refractivity contribution >= 4 is 0 Å². The molecule has 1 unspecified atom stereocenters. The van der Waals surface area contributed by atoms with Crippen LogP contribution in [-0.4, -0.2) is 10.1 Å². The number of hydrogen-bond donors (Lipinski definition) is 1. The van der Waals surface area contributed by atoms with Gasteiger partial charge in [-0.25, -0.2) is 0 Å². The normalized spacial score (nSPS) is 25.9. The topological polar surface area (TPSA) is 64.9 Å². The molecule has 0 saturated heterocycles. The maximum absolute atomic E-state index is 6.26. The number of nitrogens with two attached hydrogens (primary N) is 1. The van der Waals surface area contributed by atoms with Gasteiger partial charge in [0.25, 0.3) is 0 Å². The highest BCUT2D eigenvalue weighted by molar-refractivity contribution is 5.09. The SMILES string of the molecule is CC(N)(c1nc(C2CCCC2)no1)C1CC1. The van der Waals surface area contributed by atoms with Crippen molar-refractivity contribution in [3.8, 4) is 0 Å². The van der Waals surface area contributed by atoms with Crippen LogP contribution in [0.5, 0.6) is 0 Å². The minimum atomic E-state index is -0.413. The third kappa shape index (κ3) is 1.65. The number of hydrogen-bond acceptors (Lipinski definition) is 4. The van der Waals surface area contributed by atoms with E-state index < -0.39 is 5.54 Å². The summed E-state index contributed by atoms with van der Waals surface area (Å²) in [6, 6.07) is 0. The van der Waals surface area contributed by atoms with Crippen LogP contribution >= 0.6 is 0 Å². The molecule has 2 saturated carbocycles. The average molecular weight is 221 g/mol. The Balaban J connectivity index is 1.81. The zero-order chi connectivity index (χ0) is 11.2. The molecule has 0 aliphatic heterocycles. The summed E-state index contributed by atoms with van der Waals surface area (Å²) in [5.74, 6) is 2.55. The Bertz CT molecular complexity index is 375.